The van der Waals surface area contributed by atoms with Gasteiger partial charge in [0, 0.05) is 6.20 Å². The van der Waals surface area contributed by atoms with Gasteiger partial charge in [0.2, 0.25) is 0 Å². The summed E-state index contributed by atoms with van der Waals surface area (Å²) < 4.78 is 13.9. The minimum atomic E-state index is -0.705. The molecule has 4 aromatic heterocycles. The topological polar surface area (TPSA) is 108 Å². The van der Waals surface area contributed by atoms with Gasteiger partial charge in [-0.1, -0.05) is 60.7 Å². The highest BCUT2D eigenvalue weighted by Crippen LogP contribution is 2.20. The van der Waals surface area contributed by atoms with Gasteiger partial charge in [-0.2, -0.15) is 4.99 Å². The van der Waals surface area contributed by atoms with Gasteiger partial charge in [0.1, 0.15) is 22.6 Å². The molecule has 0 saturated heterocycles. The van der Waals surface area contributed by atoms with Crippen LogP contribution in [-0.2, 0) is 22.5 Å². The van der Waals surface area contributed by atoms with Crippen molar-refractivity contribution in [3.05, 3.63) is 136 Å². The highest BCUT2D eigenvalue weighted by atomic mass is 16.5. The average molecular weight is 559 g/mol. The molecule has 2 aromatic carbocycles. The third-order valence-corrected chi connectivity index (χ3v) is 6.83. The predicted molar refractivity (Wildman–Crippen MR) is 157 cm³/mol. The van der Waals surface area contributed by atoms with Crippen LogP contribution >= 0.6 is 0 Å². The van der Waals surface area contributed by atoms with Crippen molar-refractivity contribution in [2.75, 3.05) is 6.61 Å². The molecule has 0 spiro atoms. The fourth-order valence-corrected chi connectivity index (χ4v) is 4.84. The maximum Gasteiger partial charge on any atom is 0.341 e. The number of carbonyl (C=O) groups excluding carboxylic acids is 2. The van der Waals surface area contributed by atoms with Crippen molar-refractivity contribution >= 4 is 28.6 Å². The monoisotopic (exact) mass is 558 g/mol. The number of rotatable bonds is 7. The zero-order valence-corrected chi connectivity index (χ0v) is 22.8. The molecule has 9 heteroatoms. The molecule has 0 bridgehead atoms. The number of hydrogen-bond donors (Lipinski definition) is 0. The third-order valence-electron chi connectivity index (χ3n) is 6.83. The summed E-state index contributed by atoms with van der Waals surface area (Å²) in [4.78, 5) is 49.2. The van der Waals surface area contributed by atoms with Crippen LogP contribution in [0.15, 0.2) is 118 Å². The number of hydrogen-bond acceptors (Lipinski definition) is 6. The van der Waals surface area contributed by atoms with Crippen molar-refractivity contribution in [1.82, 2.24) is 14.0 Å². The molecule has 0 saturated carbocycles. The molecular formula is C33H26N4O5. The second-order valence-corrected chi connectivity index (χ2v) is 9.60. The molecule has 0 aliphatic carbocycles. The molecule has 0 unspecified atom stereocenters. The van der Waals surface area contributed by atoms with Gasteiger partial charge in [-0.15, -0.1) is 0 Å². The fourth-order valence-electron chi connectivity index (χ4n) is 4.84. The van der Waals surface area contributed by atoms with Crippen molar-refractivity contribution in [2.24, 2.45) is 4.99 Å². The average Bonchev–Trinajstić information content (AvgIpc) is 3.53. The first-order valence-electron chi connectivity index (χ1n) is 13.5. The van der Waals surface area contributed by atoms with E-state index in [-0.39, 0.29) is 47.2 Å². The second kappa shape index (κ2) is 11.5. The molecule has 0 atom stereocenters. The number of fused-ring (bicyclic) bond motifs is 2. The van der Waals surface area contributed by atoms with E-state index in [1.807, 2.05) is 54.6 Å². The lowest BCUT2D eigenvalue weighted by atomic mass is 10.0. The standard InChI is InChI=1S/C33H26N4O5/c1-2-41-33(40)27-20-26-30(34-28-12-6-7-17-36(28)32(26)39)37(21-25-11-8-18-42-25)31(27)35-29(38)19-22-13-15-24(16-14-22)23-9-4-3-5-10-23/h3-18,20H,2,19,21H2,1H3. The molecule has 0 N–H and O–H groups in total. The number of aromatic nitrogens is 3. The summed E-state index contributed by atoms with van der Waals surface area (Å²) in [6.45, 7) is 1.86. The Bertz CT molecular complexity index is 2040. The second-order valence-electron chi connectivity index (χ2n) is 9.60. The maximum atomic E-state index is 13.5. The Labute approximate surface area is 240 Å². The number of furan rings is 1. The van der Waals surface area contributed by atoms with Crippen molar-refractivity contribution in [1.29, 1.82) is 0 Å². The first-order valence-corrected chi connectivity index (χ1v) is 13.5. The van der Waals surface area contributed by atoms with Crippen LogP contribution in [0.25, 0.3) is 27.8 Å². The zero-order valence-electron chi connectivity index (χ0n) is 22.8. The van der Waals surface area contributed by atoms with E-state index in [0.717, 1.165) is 16.7 Å². The lowest BCUT2D eigenvalue weighted by Crippen LogP contribution is -2.33. The Kier molecular flexibility index (Phi) is 7.30. The molecule has 6 rings (SSSR count). The molecule has 0 aliphatic rings. The first kappa shape index (κ1) is 26.6. The van der Waals surface area contributed by atoms with Crippen LogP contribution in [0, 0.1) is 0 Å². The lowest BCUT2D eigenvalue weighted by Gasteiger charge is -2.14. The Morgan fingerprint density at radius 2 is 1.69 bits per heavy atom. The van der Waals surface area contributed by atoms with Crippen molar-refractivity contribution in [2.45, 2.75) is 19.9 Å². The summed E-state index contributed by atoms with van der Waals surface area (Å²) in [6, 6.07) is 27.7. The molecule has 9 nitrogen and oxygen atoms in total. The summed E-state index contributed by atoms with van der Waals surface area (Å²) in [6.07, 6.45) is 3.13. The normalized spacial score (nSPS) is 11.7. The maximum absolute atomic E-state index is 13.5. The molecule has 1 amide bonds. The summed E-state index contributed by atoms with van der Waals surface area (Å²) in [5, 5.41) is 0.177. The minimum Gasteiger partial charge on any atom is -0.467 e. The highest BCUT2D eigenvalue weighted by molar-refractivity contribution is 5.94. The Balaban J connectivity index is 1.51. The van der Waals surface area contributed by atoms with Crippen LogP contribution in [0.4, 0.5) is 0 Å². The van der Waals surface area contributed by atoms with Crippen molar-refractivity contribution < 1.29 is 18.7 Å². The number of esters is 1. The van der Waals surface area contributed by atoms with E-state index in [1.165, 1.54) is 16.7 Å². The van der Waals surface area contributed by atoms with Gasteiger partial charge in [-0.25, -0.2) is 9.78 Å². The van der Waals surface area contributed by atoms with Crippen LogP contribution in [0.2, 0.25) is 0 Å². The smallest absolute Gasteiger partial charge is 0.341 e. The van der Waals surface area contributed by atoms with E-state index < -0.39 is 11.9 Å². The fraction of sp³-hybridized carbons (Fsp3) is 0.121. The van der Waals surface area contributed by atoms with Crippen LogP contribution in [0.5, 0.6) is 0 Å². The summed E-state index contributed by atoms with van der Waals surface area (Å²) in [5.74, 6) is -0.653. The molecule has 208 valence electrons. The van der Waals surface area contributed by atoms with E-state index >= 15 is 0 Å². The van der Waals surface area contributed by atoms with Crippen LogP contribution in [0.1, 0.15) is 28.6 Å². The summed E-state index contributed by atoms with van der Waals surface area (Å²) >= 11 is 0. The molecule has 6 aromatic rings. The molecule has 0 aliphatic heterocycles. The Hall–Kier alpha value is -5.57. The number of nitrogens with zero attached hydrogens (tertiary/aromatic N) is 4. The third kappa shape index (κ3) is 5.27. The predicted octanol–water partition coefficient (Wildman–Crippen LogP) is 4.80. The molecule has 0 radical (unpaired) electrons. The Morgan fingerprint density at radius 1 is 0.929 bits per heavy atom. The molecule has 4 heterocycles. The van der Waals surface area contributed by atoms with Crippen molar-refractivity contribution in [3.8, 4) is 11.1 Å². The van der Waals surface area contributed by atoms with Gasteiger partial charge in [-0.3, -0.25) is 14.0 Å². The number of benzene rings is 2. The van der Waals surface area contributed by atoms with E-state index in [1.54, 1.807) is 48.0 Å². The summed E-state index contributed by atoms with van der Waals surface area (Å²) in [7, 11) is 0. The van der Waals surface area contributed by atoms with Gasteiger partial charge in [0.25, 0.3) is 11.5 Å². The first-order chi connectivity index (χ1) is 20.5. The van der Waals surface area contributed by atoms with E-state index in [2.05, 4.69) is 4.99 Å². The van der Waals surface area contributed by atoms with Crippen molar-refractivity contribution in [3.63, 3.8) is 0 Å². The lowest BCUT2D eigenvalue weighted by molar-refractivity contribution is -0.117. The number of ether oxygens (including phenoxy) is 1. The quantitative estimate of drug-likeness (QED) is 0.206. The highest BCUT2D eigenvalue weighted by Gasteiger charge is 2.21. The number of carbonyl (C=O) groups is 2. The van der Waals surface area contributed by atoms with E-state index in [4.69, 9.17) is 14.1 Å². The van der Waals surface area contributed by atoms with Gasteiger partial charge in [0.05, 0.1) is 31.2 Å². The number of amides is 1. The largest absolute Gasteiger partial charge is 0.467 e. The Morgan fingerprint density at radius 3 is 2.43 bits per heavy atom. The van der Waals surface area contributed by atoms with E-state index in [9.17, 15) is 14.4 Å². The van der Waals surface area contributed by atoms with Crippen LogP contribution in [-0.4, -0.2) is 32.4 Å². The molecule has 0 fully saturated rings. The summed E-state index contributed by atoms with van der Waals surface area (Å²) in [5.41, 5.74) is 3.19. The van der Waals surface area contributed by atoms with Crippen LogP contribution < -0.4 is 11.0 Å². The van der Waals surface area contributed by atoms with Gasteiger partial charge >= 0.3 is 5.97 Å². The van der Waals surface area contributed by atoms with Gasteiger partial charge in [0.15, 0.2) is 5.49 Å². The van der Waals surface area contributed by atoms with Gasteiger partial charge in [-0.05, 0) is 53.9 Å². The van der Waals surface area contributed by atoms with Crippen LogP contribution in [0.3, 0.4) is 0 Å². The molecular weight excluding hydrogens is 532 g/mol. The number of pyridine rings is 2. The van der Waals surface area contributed by atoms with E-state index in [0.29, 0.717) is 11.4 Å². The molecule has 42 heavy (non-hydrogen) atoms. The zero-order chi connectivity index (χ0) is 29.1. The SMILES string of the molecule is CCOC(=O)c1cc2c(=O)n3ccccc3nc2n(Cc2ccco2)c1=NC(=O)Cc1ccc(-c2ccccc2)cc1. The van der Waals surface area contributed by atoms with Gasteiger partial charge < -0.3 is 13.7 Å². The minimum absolute atomic E-state index is 0.00390.